The van der Waals surface area contributed by atoms with Crippen molar-refractivity contribution in [3.63, 3.8) is 0 Å². The Morgan fingerprint density at radius 3 is 2.62 bits per heavy atom. The topological polar surface area (TPSA) is 62.8 Å². The number of urea groups is 1. The van der Waals surface area contributed by atoms with Gasteiger partial charge in [-0.3, -0.25) is 4.90 Å². The summed E-state index contributed by atoms with van der Waals surface area (Å²) in [5.41, 5.74) is 1.03. The van der Waals surface area contributed by atoms with E-state index in [0.29, 0.717) is 19.8 Å². The maximum atomic E-state index is 12.1. The molecule has 0 aromatic heterocycles. The minimum Gasteiger partial charge on any atom is -0.494 e. The van der Waals surface area contributed by atoms with Crippen molar-refractivity contribution in [3.05, 3.63) is 29.8 Å². The summed E-state index contributed by atoms with van der Waals surface area (Å²) >= 11 is 0. The van der Waals surface area contributed by atoms with E-state index >= 15 is 0 Å². The van der Waals surface area contributed by atoms with Crippen molar-refractivity contribution in [2.75, 3.05) is 40.0 Å². The molecule has 6 heteroatoms. The van der Waals surface area contributed by atoms with Gasteiger partial charge in [-0.15, -0.1) is 0 Å². The number of piperidine rings is 1. The molecule has 2 N–H and O–H groups in total. The first-order valence-electron chi connectivity index (χ1n) is 9.60. The predicted octanol–water partition coefficient (Wildman–Crippen LogP) is 2.78. The highest BCUT2D eigenvalue weighted by Gasteiger charge is 2.35. The highest BCUT2D eigenvalue weighted by Crippen LogP contribution is 2.28. The number of methoxy groups -OCH3 is 1. The Balaban J connectivity index is 1.97. The first-order chi connectivity index (χ1) is 12.6. The van der Waals surface area contributed by atoms with Gasteiger partial charge in [-0.05, 0) is 39.2 Å². The number of carbonyl (C=O) groups excluding carboxylic acids is 1. The molecule has 146 valence electrons. The number of hydrogen-bond donors (Lipinski definition) is 2. The molecule has 0 radical (unpaired) electrons. The van der Waals surface area contributed by atoms with Crippen LogP contribution < -0.4 is 15.4 Å². The summed E-state index contributed by atoms with van der Waals surface area (Å²) in [6, 6.07) is 8.14. The quantitative estimate of drug-likeness (QED) is 0.708. The summed E-state index contributed by atoms with van der Waals surface area (Å²) in [5.74, 6) is 0.965. The monoisotopic (exact) mass is 363 g/mol. The largest absolute Gasteiger partial charge is 0.494 e. The number of likely N-dealkylation sites (tertiary alicyclic amines) is 1. The van der Waals surface area contributed by atoms with Crippen LogP contribution in [0.25, 0.3) is 0 Å². The average molecular weight is 364 g/mol. The Kier molecular flexibility index (Phi) is 8.19. The average Bonchev–Trinajstić information content (AvgIpc) is 2.64. The lowest BCUT2D eigenvalue weighted by molar-refractivity contribution is 0.0945. The van der Waals surface area contributed by atoms with Crippen molar-refractivity contribution in [1.82, 2.24) is 15.5 Å². The van der Waals surface area contributed by atoms with Crippen molar-refractivity contribution in [1.29, 1.82) is 0 Å². The summed E-state index contributed by atoms with van der Waals surface area (Å²) in [6.45, 7) is 8.65. The van der Waals surface area contributed by atoms with E-state index in [2.05, 4.69) is 27.7 Å². The Labute approximate surface area is 157 Å². The molecule has 2 amide bonds. The molecule has 6 nitrogen and oxygen atoms in total. The number of rotatable bonds is 9. The van der Waals surface area contributed by atoms with Crippen molar-refractivity contribution in [3.8, 4) is 5.75 Å². The molecule has 0 bridgehead atoms. The third-order valence-corrected chi connectivity index (χ3v) is 4.98. The third-order valence-electron chi connectivity index (χ3n) is 4.98. The van der Waals surface area contributed by atoms with Gasteiger partial charge in [0.1, 0.15) is 5.75 Å². The standard InChI is InChI=1S/C20H33N3O3/c1-4-21-19(24)22-20(12-15-25-3)10-13-23(14-11-20)16-17-8-6-7-9-18(17)26-5-2/h6-9H,4-5,10-16H2,1-3H3,(H2,21,22,24). The van der Waals surface area contributed by atoms with E-state index in [1.807, 2.05) is 26.0 Å². The van der Waals surface area contributed by atoms with Crippen molar-refractivity contribution in [2.24, 2.45) is 0 Å². The lowest BCUT2D eigenvalue weighted by Crippen LogP contribution is -2.57. The molecule has 0 atom stereocenters. The normalized spacial score (nSPS) is 16.9. The second-order valence-corrected chi connectivity index (χ2v) is 6.82. The Morgan fingerprint density at radius 1 is 1.23 bits per heavy atom. The minimum atomic E-state index is -0.189. The van der Waals surface area contributed by atoms with Crippen LogP contribution in [0.5, 0.6) is 5.75 Å². The number of para-hydroxylation sites is 1. The summed E-state index contributed by atoms with van der Waals surface area (Å²) in [7, 11) is 1.71. The zero-order valence-electron chi connectivity index (χ0n) is 16.3. The van der Waals surface area contributed by atoms with E-state index in [1.54, 1.807) is 7.11 Å². The fourth-order valence-corrected chi connectivity index (χ4v) is 3.49. The number of carbonyl (C=O) groups is 1. The number of nitrogens with one attached hydrogen (secondary N) is 2. The van der Waals surface area contributed by atoms with Crippen LogP contribution in [0.1, 0.15) is 38.7 Å². The van der Waals surface area contributed by atoms with Crippen LogP contribution in [0, 0.1) is 0 Å². The van der Waals surface area contributed by atoms with Crippen LogP contribution in [0.2, 0.25) is 0 Å². The highest BCUT2D eigenvalue weighted by molar-refractivity contribution is 5.74. The van der Waals surface area contributed by atoms with Gasteiger partial charge in [-0.25, -0.2) is 4.79 Å². The van der Waals surface area contributed by atoms with Crippen LogP contribution in [0.15, 0.2) is 24.3 Å². The molecule has 1 saturated heterocycles. The van der Waals surface area contributed by atoms with Crippen LogP contribution in [-0.4, -0.2) is 56.4 Å². The van der Waals surface area contributed by atoms with Crippen LogP contribution in [0.4, 0.5) is 4.79 Å². The molecule has 26 heavy (non-hydrogen) atoms. The van der Waals surface area contributed by atoms with Gasteiger partial charge in [0.15, 0.2) is 0 Å². The molecule has 2 rings (SSSR count). The molecular formula is C20H33N3O3. The Hall–Kier alpha value is -1.79. The van der Waals surface area contributed by atoms with E-state index in [1.165, 1.54) is 5.56 Å². The van der Waals surface area contributed by atoms with Crippen LogP contribution >= 0.6 is 0 Å². The van der Waals surface area contributed by atoms with Crippen LogP contribution in [0.3, 0.4) is 0 Å². The third kappa shape index (κ3) is 5.88. The van der Waals surface area contributed by atoms with Gasteiger partial charge in [-0.1, -0.05) is 18.2 Å². The van der Waals surface area contributed by atoms with Gasteiger partial charge >= 0.3 is 6.03 Å². The maximum absolute atomic E-state index is 12.1. The lowest BCUT2D eigenvalue weighted by Gasteiger charge is -2.42. The van der Waals surface area contributed by atoms with E-state index in [9.17, 15) is 4.79 Å². The molecular weight excluding hydrogens is 330 g/mol. The lowest BCUT2D eigenvalue weighted by atomic mass is 9.84. The summed E-state index contributed by atoms with van der Waals surface area (Å²) in [6.07, 6.45) is 2.68. The molecule has 0 saturated carbocycles. The molecule has 1 aliphatic heterocycles. The van der Waals surface area contributed by atoms with Gasteiger partial charge < -0.3 is 20.1 Å². The Morgan fingerprint density at radius 2 is 1.96 bits per heavy atom. The fourth-order valence-electron chi connectivity index (χ4n) is 3.49. The molecule has 1 heterocycles. The van der Waals surface area contributed by atoms with Gasteiger partial charge in [0, 0.05) is 51.0 Å². The van der Waals surface area contributed by atoms with Gasteiger partial charge in [-0.2, -0.15) is 0 Å². The van der Waals surface area contributed by atoms with Crippen molar-refractivity contribution in [2.45, 2.75) is 45.2 Å². The molecule has 0 unspecified atom stereocenters. The van der Waals surface area contributed by atoms with Crippen molar-refractivity contribution < 1.29 is 14.3 Å². The molecule has 1 aromatic rings. The molecule has 0 aliphatic carbocycles. The summed E-state index contributed by atoms with van der Waals surface area (Å²) in [5, 5.41) is 6.05. The zero-order chi connectivity index (χ0) is 18.8. The number of benzene rings is 1. The number of amides is 2. The Bertz CT molecular complexity index is 557. The number of nitrogens with zero attached hydrogens (tertiary/aromatic N) is 1. The van der Waals surface area contributed by atoms with E-state index in [4.69, 9.17) is 9.47 Å². The molecule has 0 spiro atoms. The van der Waals surface area contributed by atoms with E-state index in [-0.39, 0.29) is 11.6 Å². The minimum absolute atomic E-state index is 0.0845. The van der Waals surface area contributed by atoms with E-state index in [0.717, 1.165) is 44.6 Å². The second kappa shape index (κ2) is 10.4. The predicted molar refractivity (Wildman–Crippen MR) is 104 cm³/mol. The summed E-state index contributed by atoms with van der Waals surface area (Å²) in [4.78, 5) is 14.5. The zero-order valence-corrected chi connectivity index (χ0v) is 16.3. The van der Waals surface area contributed by atoms with Crippen LogP contribution in [-0.2, 0) is 11.3 Å². The number of hydrogen-bond acceptors (Lipinski definition) is 4. The SMILES string of the molecule is CCNC(=O)NC1(CCOC)CCN(Cc2ccccc2OCC)CC1. The summed E-state index contributed by atoms with van der Waals surface area (Å²) < 4.78 is 11.0. The van der Waals surface area contributed by atoms with E-state index < -0.39 is 0 Å². The molecule has 1 fully saturated rings. The maximum Gasteiger partial charge on any atom is 0.315 e. The first kappa shape index (κ1) is 20.5. The molecule has 1 aromatic carbocycles. The first-order valence-corrected chi connectivity index (χ1v) is 9.60. The molecule has 1 aliphatic rings. The fraction of sp³-hybridized carbons (Fsp3) is 0.650. The number of ether oxygens (including phenoxy) is 2. The van der Waals surface area contributed by atoms with Gasteiger partial charge in [0.25, 0.3) is 0 Å². The van der Waals surface area contributed by atoms with Gasteiger partial charge in [0.05, 0.1) is 6.61 Å². The second-order valence-electron chi connectivity index (χ2n) is 6.82. The smallest absolute Gasteiger partial charge is 0.315 e. The highest BCUT2D eigenvalue weighted by atomic mass is 16.5. The van der Waals surface area contributed by atoms with Crippen molar-refractivity contribution >= 4 is 6.03 Å². The van der Waals surface area contributed by atoms with Gasteiger partial charge in [0.2, 0.25) is 0 Å².